The van der Waals surface area contributed by atoms with E-state index in [0.29, 0.717) is 24.5 Å². The van der Waals surface area contributed by atoms with Gasteiger partial charge in [0.05, 0.1) is 11.5 Å². The summed E-state index contributed by atoms with van der Waals surface area (Å²) in [6.45, 7) is 2.58. The van der Waals surface area contributed by atoms with Crippen molar-refractivity contribution in [1.29, 1.82) is 0 Å². The number of hydrogen-bond donors (Lipinski definition) is 1. The third-order valence-corrected chi connectivity index (χ3v) is 2.73. The first-order valence-electron chi connectivity index (χ1n) is 6.78. The van der Waals surface area contributed by atoms with Gasteiger partial charge in [-0.2, -0.15) is 0 Å². The Labute approximate surface area is 123 Å². The number of esters is 1. The van der Waals surface area contributed by atoms with Gasteiger partial charge in [-0.1, -0.05) is 13.3 Å². The van der Waals surface area contributed by atoms with Crippen LogP contribution < -0.4 is 10.1 Å². The van der Waals surface area contributed by atoms with Gasteiger partial charge < -0.3 is 14.8 Å². The van der Waals surface area contributed by atoms with Crippen LogP contribution in [-0.4, -0.2) is 31.2 Å². The molecule has 0 aromatic heterocycles. The summed E-state index contributed by atoms with van der Waals surface area (Å²) in [5, 5.41) is 13.7. The maximum absolute atomic E-state index is 11.5. The van der Waals surface area contributed by atoms with Crippen molar-refractivity contribution >= 4 is 11.7 Å². The second-order valence-electron chi connectivity index (χ2n) is 4.44. The molecule has 0 heterocycles. The molecule has 0 unspecified atom stereocenters. The lowest BCUT2D eigenvalue weighted by atomic mass is 10.2. The molecule has 0 amide bonds. The van der Waals surface area contributed by atoms with Crippen molar-refractivity contribution in [3.63, 3.8) is 0 Å². The third-order valence-electron chi connectivity index (χ3n) is 2.73. The number of rotatable bonds is 9. The van der Waals surface area contributed by atoms with Crippen LogP contribution in [0.3, 0.4) is 0 Å². The molecule has 116 valence electrons. The Balaban J connectivity index is 2.65. The van der Waals surface area contributed by atoms with Crippen molar-refractivity contribution in [1.82, 2.24) is 5.32 Å². The zero-order valence-electron chi connectivity index (χ0n) is 12.3. The van der Waals surface area contributed by atoms with E-state index in [0.717, 1.165) is 12.8 Å². The number of nitrogens with zero attached hydrogens (tertiary/aromatic N) is 1. The smallest absolute Gasteiger partial charge is 0.344 e. The Morgan fingerprint density at radius 2 is 2.19 bits per heavy atom. The van der Waals surface area contributed by atoms with E-state index in [1.807, 2.05) is 6.92 Å². The summed E-state index contributed by atoms with van der Waals surface area (Å²) in [6.07, 6.45) is 1.76. The van der Waals surface area contributed by atoms with Crippen LogP contribution in [0, 0.1) is 10.1 Å². The quantitative estimate of drug-likeness (QED) is 0.324. The Morgan fingerprint density at radius 1 is 1.43 bits per heavy atom. The van der Waals surface area contributed by atoms with E-state index in [9.17, 15) is 14.9 Å². The molecule has 1 rings (SSSR count). The Hall–Kier alpha value is -2.15. The predicted octanol–water partition coefficient (Wildman–Crippen LogP) is 2.04. The predicted molar refractivity (Wildman–Crippen MR) is 77.2 cm³/mol. The van der Waals surface area contributed by atoms with Gasteiger partial charge >= 0.3 is 5.97 Å². The average Bonchev–Trinajstić information content (AvgIpc) is 2.46. The maximum atomic E-state index is 11.5. The molecule has 21 heavy (non-hydrogen) atoms. The molecule has 0 fully saturated rings. The summed E-state index contributed by atoms with van der Waals surface area (Å²) in [6, 6.07) is 4.26. The number of unbranched alkanes of at least 4 members (excludes halogenated alkanes) is 1. The van der Waals surface area contributed by atoms with E-state index < -0.39 is 10.9 Å². The molecule has 0 atom stereocenters. The van der Waals surface area contributed by atoms with Gasteiger partial charge in [-0.15, -0.1) is 0 Å². The minimum Gasteiger partial charge on any atom is -0.482 e. The second-order valence-corrected chi connectivity index (χ2v) is 4.44. The van der Waals surface area contributed by atoms with Gasteiger partial charge in [0.25, 0.3) is 5.69 Å². The molecule has 7 heteroatoms. The van der Waals surface area contributed by atoms with Crippen molar-refractivity contribution in [2.45, 2.75) is 26.3 Å². The van der Waals surface area contributed by atoms with Crippen molar-refractivity contribution < 1.29 is 19.2 Å². The van der Waals surface area contributed by atoms with Crippen LogP contribution in [0.15, 0.2) is 18.2 Å². The number of carbonyl (C=O) groups is 1. The Bertz CT molecular complexity index is 490. The largest absolute Gasteiger partial charge is 0.482 e. The molecule has 0 aliphatic heterocycles. The molecular weight excluding hydrogens is 276 g/mol. The molecule has 0 aliphatic carbocycles. The lowest BCUT2D eigenvalue weighted by molar-refractivity contribution is -0.384. The Morgan fingerprint density at radius 3 is 2.81 bits per heavy atom. The van der Waals surface area contributed by atoms with Gasteiger partial charge in [-0.25, -0.2) is 4.79 Å². The van der Waals surface area contributed by atoms with Crippen molar-refractivity contribution in [3.05, 3.63) is 33.9 Å². The van der Waals surface area contributed by atoms with E-state index in [1.54, 1.807) is 7.05 Å². The SMILES string of the molecule is CCCCOC(=O)COc1ccc([N+](=O)[O-])cc1CNC. The molecule has 1 aromatic rings. The van der Waals surface area contributed by atoms with Crippen LogP contribution in [-0.2, 0) is 16.1 Å². The third kappa shape index (κ3) is 5.78. The van der Waals surface area contributed by atoms with Crippen molar-refractivity contribution in [2.75, 3.05) is 20.3 Å². The first-order chi connectivity index (χ1) is 10.1. The number of non-ortho nitro benzene ring substituents is 1. The van der Waals surface area contributed by atoms with Gasteiger partial charge in [0.2, 0.25) is 0 Å². The van der Waals surface area contributed by atoms with Crippen LogP contribution >= 0.6 is 0 Å². The number of hydrogen-bond acceptors (Lipinski definition) is 6. The Kier molecular flexibility index (Phi) is 7.17. The maximum Gasteiger partial charge on any atom is 0.344 e. The number of carbonyl (C=O) groups excluding carboxylic acids is 1. The molecular formula is C14H20N2O5. The summed E-state index contributed by atoms with van der Waals surface area (Å²) in [5.41, 5.74) is 0.603. The number of nitro benzene ring substituents is 1. The lowest BCUT2D eigenvalue weighted by Crippen LogP contribution is -2.17. The standard InChI is InChI=1S/C14H20N2O5/c1-3-4-7-20-14(17)10-21-13-6-5-12(16(18)19)8-11(13)9-15-2/h5-6,8,15H,3-4,7,9-10H2,1-2H3. The van der Waals surface area contributed by atoms with Crippen LogP contribution in [0.2, 0.25) is 0 Å². The highest BCUT2D eigenvalue weighted by Crippen LogP contribution is 2.24. The first-order valence-corrected chi connectivity index (χ1v) is 6.78. The summed E-state index contributed by atoms with van der Waals surface area (Å²) >= 11 is 0. The lowest BCUT2D eigenvalue weighted by Gasteiger charge is -2.11. The minimum atomic E-state index is -0.470. The van der Waals surface area contributed by atoms with Crippen LogP contribution in [0.1, 0.15) is 25.3 Å². The van der Waals surface area contributed by atoms with E-state index in [2.05, 4.69) is 5.32 Å². The number of nitrogens with one attached hydrogen (secondary N) is 1. The molecule has 0 radical (unpaired) electrons. The first kappa shape index (κ1) is 16.9. The molecule has 1 aromatic carbocycles. The minimum absolute atomic E-state index is 0.0156. The summed E-state index contributed by atoms with van der Waals surface area (Å²) in [7, 11) is 1.72. The number of benzene rings is 1. The van der Waals surface area contributed by atoms with Crippen LogP contribution in [0.5, 0.6) is 5.75 Å². The average molecular weight is 296 g/mol. The zero-order valence-corrected chi connectivity index (χ0v) is 12.3. The fourth-order valence-corrected chi connectivity index (χ4v) is 1.66. The molecule has 1 N–H and O–H groups in total. The second kappa shape index (κ2) is 8.91. The van der Waals surface area contributed by atoms with E-state index in [1.165, 1.54) is 18.2 Å². The van der Waals surface area contributed by atoms with Crippen LogP contribution in [0.25, 0.3) is 0 Å². The normalized spacial score (nSPS) is 10.2. The summed E-state index contributed by atoms with van der Waals surface area (Å²) in [5.74, 6) is -0.0143. The zero-order chi connectivity index (χ0) is 15.7. The highest BCUT2D eigenvalue weighted by molar-refractivity contribution is 5.71. The number of nitro groups is 1. The van der Waals surface area contributed by atoms with Gasteiger partial charge in [-0.3, -0.25) is 10.1 Å². The van der Waals surface area contributed by atoms with Gasteiger partial charge in [-0.05, 0) is 19.5 Å². The highest BCUT2D eigenvalue weighted by Gasteiger charge is 2.13. The monoisotopic (exact) mass is 296 g/mol. The highest BCUT2D eigenvalue weighted by atomic mass is 16.6. The van der Waals surface area contributed by atoms with Crippen molar-refractivity contribution in [3.8, 4) is 5.75 Å². The fraction of sp³-hybridized carbons (Fsp3) is 0.500. The molecule has 0 bridgehead atoms. The number of ether oxygens (including phenoxy) is 2. The molecule has 7 nitrogen and oxygen atoms in total. The molecule has 0 saturated heterocycles. The van der Waals surface area contributed by atoms with E-state index in [4.69, 9.17) is 9.47 Å². The van der Waals surface area contributed by atoms with Crippen molar-refractivity contribution in [2.24, 2.45) is 0 Å². The summed E-state index contributed by atoms with van der Waals surface area (Å²) < 4.78 is 10.4. The topological polar surface area (TPSA) is 90.7 Å². The molecule has 0 spiro atoms. The molecule has 0 aliphatic rings. The van der Waals surface area contributed by atoms with Crippen LogP contribution in [0.4, 0.5) is 5.69 Å². The summed E-state index contributed by atoms with van der Waals surface area (Å²) in [4.78, 5) is 21.7. The van der Waals surface area contributed by atoms with Gasteiger partial charge in [0, 0.05) is 24.2 Å². The van der Waals surface area contributed by atoms with E-state index >= 15 is 0 Å². The molecule has 0 saturated carbocycles. The van der Waals surface area contributed by atoms with Gasteiger partial charge in [0.1, 0.15) is 5.75 Å². The fourth-order valence-electron chi connectivity index (χ4n) is 1.66. The van der Waals surface area contributed by atoms with E-state index in [-0.39, 0.29) is 12.3 Å². The van der Waals surface area contributed by atoms with Gasteiger partial charge in [0.15, 0.2) is 6.61 Å².